The highest BCUT2D eigenvalue weighted by Gasteiger charge is 2.28. The van der Waals surface area contributed by atoms with Crippen molar-refractivity contribution in [3.05, 3.63) is 88.2 Å². The molecule has 3 heterocycles. The summed E-state index contributed by atoms with van der Waals surface area (Å²) < 4.78 is 20.6. The number of hydrogen-bond acceptors (Lipinski definition) is 6. The molecule has 1 N–H and O–H groups in total. The average molecular weight is 517 g/mol. The molecule has 2 aromatic heterocycles. The number of pyridine rings is 1. The molecular weight excluding hydrogens is 487 g/mol. The van der Waals surface area contributed by atoms with Crippen molar-refractivity contribution < 1.29 is 19.0 Å². The minimum atomic E-state index is -1.55. The van der Waals surface area contributed by atoms with Crippen molar-refractivity contribution in [2.24, 2.45) is 0 Å². The van der Waals surface area contributed by atoms with E-state index in [0.717, 1.165) is 48.5 Å². The molecular formula is C29H29FN4O4. The van der Waals surface area contributed by atoms with Crippen molar-refractivity contribution in [2.45, 2.75) is 31.7 Å². The van der Waals surface area contributed by atoms with Gasteiger partial charge in [0, 0.05) is 11.1 Å². The number of nitrogens with zero attached hydrogens (tertiary/aromatic N) is 4. The first-order chi connectivity index (χ1) is 18.4. The minimum absolute atomic E-state index is 0.0169. The third-order valence-corrected chi connectivity index (χ3v) is 7.11. The van der Waals surface area contributed by atoms with Gasteiger partial charge in [0.05, 0.1) is 24.1 Å². The highest BCUT2D eigenvalue weighted by molar-refractivity contribution is 5.80. The summed E-state index contributed by atoms with van der Waals surface area (Å²) >= 11 is 0. The molecule has 196 valence electrons. The van der Waals surface area contributed by atoms with E-state index in [1.807, 2.05) is 12.1 Å². The summed E-state index contributed by atoms with van der Waals surface area (Å²) in [4.78, 5) is 37.1. The second-order valence-corrected chi connectivity index (χ2v) is 9.58. The molecule has 0 saturated carbocycles. The summed E-state index contributed by atoms with van der Waals surface area (Å²) in [5, 5.41) is 10.1. The molecule has 2 aromatic carbocycles. The van der Waals surface area contributed by atoms with Crippen LogP contribution >= 0.6 is 0 Å². The van der Waals surface area contributed by atoms with E-state index in [-0.39, 0.29) is 23.4 Å². The Hall–Kier alpha value is -4.11. The van der Waals surface area contributed by atoms with Gasteiger partial charge in [0.2, 0.25) is 0 Å². The van der Waals surface area contributed by atoms with Crippen molar-refractivity contribution in [3.8, 4) is 17.0 Å². The Balaban J connectivity index is 1.53. The molecule has 1 atom stereocenters. The number of carbonyl (C=O) groups is 1. The largest absolute Gasteiger partial charge is 0.493 e. The number of piperidine rings is 1. The molecule has 1 aliphatic heterocycles. The first-order valence-electron chi connectivity index (χ1n) is 12.7. The summed E-state index contributed by atoms with van der Waals surface area (Å²) in [7, 11) is 2.14. The molecule has 0 radical (unpaired) electrons. The van der Waals surface area contributed by atoms with Crippen LogP contribution in [0.2, 0.25) is 0 Å². The van der Waals surface area contributed by atoms with Crippen LogP contribution in [0.15, 0.2) is 65.7 Å². The Morgan fingerprint density at radius 1 is 1.13 bits per heavy atom. The van der Waals surface area contributed by atoms with Crippen molar-refractivity contribution in [1.82, 2.24) is 19.4 Å². The highest BCUT2D eigenvalue weighted by Crippen LogP contribution is 2.31. The van der Waals surface area contributed by atoms with Crippen LogP contribution in [-0.4, -0.2) is 57.3 Å². The lowest BCUT2D eigenvalue weighted by atomic mass is 9.89. The van der Waals surface area contributed by atoms with Gasteiger partial charge in [0.25, 0.3) is 5.56 Å². The fourth-order valence-electron chi connectivity index (χ4n) is 5.05. The summed E-state index contributed by atoms with van der Waals surface area (Å²) in [5.41, 5.74) is 2.46. The SMILES string of the molecule is CCOc1ccc(F)cc1C(C(=O)O)n1cnc2ccc(-c3ccc(C4CCN(C)CC4)cc3)nc2c1=O. The smallest absolute Gasteiger partial charge is 0.331 e. The van der Waals surface area contributed by atoms with Gasteiger partial charge in [-0.2, -0.15) is 0 Å². The normalized spacial score (nSPS) is 15.4. The van der Waals surface area contributed by atoms with Gasteiger partial charge in [0.15, 0.2) is 11.6 Å². The van der Waals surface area contributed by atoms with Crippen LogP contribution in [0.3, 0.4) is 0 Å². The van der Waals surface area contributed by atoms with E-state index in [1.54, 1.807) is 19.1 Å². The third kappa shape index (κ3) is 5.02. The zero-order chi connectivity index (χ0) is 26.8. The van der Waals surface area contributed by atoms with Crippen LogP contribution in [0.5, 0.6) is 5.75 Å². The maximum Gasteiger partial charge on any atom is 0.331 e. The molecule has 1 aliphatic rings. The lowest BCUT2D eigenvalue weighted by Crippen LogP contribution is -2.31. The quantitative estimate of drug-likeness (QED) is 0.387. The van der Waals surface area contributed by atoms with Gasteiger partial charge in [-0.1, -0.05) is 24.3 Å². The van der Waals surface area contributed by atoms with E-state index in [0.29, 0.717) is 17.1 Å². The van der Waals surface area contributed by atoms with Crippen molar-refractivity contribution in [1.29, 1.82) is 0 Å². The average Bonchev–Trinajstić information content (AvgIpc) is 2.92. The number of hydrogen-bond donors (Lipinski definition) is 1. The molecule has 8 nitrogen and oxygen atoms in total. The molecule has 1 saturated heterocycles. The van der Waals surface area contributed by atoms with E-state index >= 15 is 0 Å². The molecule has 38 heavy (non-hydrogen) atoms. The second-order valence-electron chi connectivity index (χ2n) is 9.58. The number of ether oxygens (including phenoxy) is 1. The first kappa shape index (κ1) is 25.5. The maximum absolute atomic E-state index is 14.1. The zero-order valence-corrected chi connectivity index (χ0v) is 21.3. The summed E-state index contributed by atoms with van der Waals surface area (Å²) in [6.45, 7) is 4.14. The summed E-state index contributed by atoms with van der Waals surface area (Å²) in [6.07, 6.45) is 3.40. The zero-order valence-electron chi connectivity index (χ0n) is 21.3. The highest BCUT2D eigenvalue weighted by atomic mass is 19.1. The van der Waals surface area contributed by atoms with Gasteiger partial charge in [0.1, 0.15) is 11.6 Å². The Morgan fingerprint density at radius 2 is 1.87 bits per heavy atom. The lowest BCUT2D eigenvalue weighted by molar-refractivity contribution is -0.139. The summed E-state index contributed by atoms with van der Waals surface area (Å²) in [6, 6.07) is 13.8. The molecule has 0 spiro atoms. The van der Waals surface area contributed by atoms with E-state index < -0.39 is 23.4 Å². The fraction of sp³-hybridized carbons (Fsp3) is 0.310. The van der Waals surface area contributed by atoms with Gasteiger partial charge in [-0.3, -0.25) is 9.36 Å². The molecule has 1 fully saturated rings. The third-order valence-electron chi connectivity index (χ3n) is 7.11. The molecule has 4 aromatic rings. The van der Waals surface area contributed by atoms with Gasteiger partial charge in [-0.25, -0.2) is 19.2 Å². The van der Waals surface area contributed by atoms with Crippen molar-refractivity contribution >= 4 is 17.0 Å². The molecule has 0 amide bonds. The van der Waals surface area contributed by atoms with Crippen LogP contribution < -0.4 is 10.3 Å². The number of rotatable bonds is 7. The molecule has 5 rings (SSSR count). The fourth-order valence-corrected chi connectivity index (χ4v) is 5.05. The number of aliphatic carboxylic acids is 1. The Labute approximate surface area is 219 Å². The van der Waals surface area contributed by atoms with Gasteiger partial charge in [-0.05, 0) is 81.7 Å². The van der Waals surface area contributed by atoms with Crippen molar-refractivity contribution in [3.63, 3.8) is 0 Å². The van der Waals surface area contributed by atoms with Crippen LogP contribution in [0, 0.1) is 5.82 Å². The van der Waals surface area contributed by atoms with Crippen LogP contribution in [0.25, 0.3) is 22.3 Å². The van der Waals surface area contributed by atoms with Crippen LogP contribution in [-0.2, 0) is 4.79 Å². The number of halogens is 1. The monoisotopic (exact) mass is 516 g/mol. The van der Waals surface area contributed by atoms with Gasteiger partial charge in [-0.15, -0.1) is 0 Å². The van der Waals surface area contributed by atoms with Crippen molar-refractivity contribution in [2.75, 3.05) is 26.7 Å². The number of benzene rings is 2. The molecule has 0 bridgehead atoms. The second kappa shape index (κ2) is 10.7. The molecule has 1 unspecified atom stereocenters. The molecule has 0 aliphatic carbocycles. The predicted octanol–water partition coefficient (Wildman–Crippen LogP) is 4.48. The Kier molecular flexibility index (Phi) is 7.20. The van der Waals surface area contributed by atoms with E-state index in [4.69, 9.17) is 4.74 Å². The number of aromatic nitrogens is 3. The minimum Gasteiger partial charge on any atom is -0.493 e. The van der Waals surface area contributed by atoms with Gasteiger partial charge >= 0.3 is 5.97 Å². The Morgan fingerprint density at radius 3 is 2.55 bits per heavy atom. The lowest BCUT2D eigenvalue weighted by Gasteiger charge is -2.29. The van der Waals surface area contributed by atoms with Crippen LogP contribution in [0.1, 0.15) is 42.9 Å². The number of carboxylic acid groups (broad SMARTS) is 1. The van der Waals surface area contributed by atoms with E-state index in [9.17, 15) is 19.1 Å². The topological polar surface area (TPSA) is 97.5 Å². The molecule has 9 heteroatoms. The standard InChI is InChI=1S/C29H29FN4O4/c1-3-38-25-11-8-21(30)16-22(25)27(29(36)37)34-17-31-24-10-9-23(32-26(24)28(34)35)20-6-4-18(5-7-20)19-12-14-33(2)15-13-19/h4-11,16-17,19,27H,3,12-15H2,1-2H3,(H,36,37). The summed E-state index contributed by atoms with van der Waals surface area (Å²) in [5.74, 6) is -1.28. The van der Waals surface area contributed by atoms with Crippen LogP contribution in [0.4, 0.5) is 4.39 Å². The van der Waals surface area contributed by atoms with E-state index in [1.165, 1.54) is 17.7 Å². The predicted molar refractivity (Wildman–Crippen MR) is 142 cm³/mol. The number of fused-ring (bicyclic) bond motifs is 1. The number of likely N-dealkylation sites (tertiary alicyclic amines) is 1. The van der Waals surface area contributed by atoms with E-state index in [2.05, 4.69) is 34.0 Å². The Bertz CT molecular complexity index is 1530. The van der Waals surface area contributed by atoms with Gasteiger partial charge < -0.3 is 14.7 Å². The maximum atomic E-state index is 14.1. The first-order valence-corrected chi connectivity index (χ1v) is 12.7. The number of carboxylic acids is 1.